The van der Waals surface area contributed by atoms with Crippen LogP contribution in [0.2, 0.25) is 0 Å². The monoisotopic (exact) mass is 397 g/mol. The van der Waals surface area contributed by atoms with E-state index in [9.17, 15) is 9.59 Å². The summed E-state index contributed by atoms with van der Waals surface area (Å²) in [4.78, 5) is 24.2. The number of hydrogen-bond acceptors (Lipinski definition) is 4. The van der Waals surface area contributed by atoms with Crippen molar-refractivity contribution in [3.05, 3.63) is 90.6 Å². The zero-order valence-electron chi connectivity index (χ0n) is 16.2. The van der Waals surface area contributed by atoms with Crippen molar-refractivity contribution in [2.24, 2.45) is 0 Å². The molecule has 0 bridgehead atoms. The van der Waals surface area contributed by atoms with Gasteiger partial charge in [-0.15, -0.1) is 5.10 Å². The van der Waals surface area contributed by atoms with Gasteiger partial charge in [0.2, 0.25) is 5.91 Å². The third-order valence-corrected chi connectivity index (χ3v) is 4.40. The van der Waals surface area contributed by atoms with E-state index in [0.29, 0.717) is 17.1 Å². The SMILES string of the molecule is CC(=O)Nc1ccc(NC(=O)c2nnn(-c3ccccc3)c2-c2ccccc2)cc1. The van der Waals surface area contributed by atoms with Crippen molar-refractivity contribution < 1.29 is 9.59 Å². The molecule has 2 amide bonds. The number of amides is 2. The number of hydrogen-bond donors (Lipinski definition) is 2. The van der Waals surface area contributed by atoms with Crippen molar-refractivity contribution in [3.63, 3.8) is 0 Å². The second-order valence-electron chi connectivity index (χ2n) is 6.61. The number of benzene rings is 3. The van der Waals surface area contributed by atoms with Gasteiger partial charge in [0.05, 0.1) is 5.69 Å². The molecule has 7 heteroatoms. The van der Waals surface area contributed by atoms with Gasteiger partial charge in [0, 0.05) is 23.9 Å². The molecule has 148 valence electrons. The first-order valence-corrected chi connectivity index (χ1v) is 9.37. The largest absolute Gasteiger partial charge is 0.326 e. The van der Waals surface area contributed by atoms with Crippen molar-refractivity contribution >= 4 is 23.2 Å². The summed E-state index contributed by atoms with van der Waals surface area (Å²) in [6.07, 6.45) is 0. The molecule has 0 fully saturated rings. The zero-order chi connectivity index (χ0) is 20.9. The zero-order valence-corrected chi connectivity index (χ0v) is 16.2. The maximum absolute atomic E-state index is 13.0. The van der Waals surface area contributed by atoms with Gasteiger partial charge in [0.25, 0.3) is 5.91 Å². The van der Waals surface area contributed by atoms with E-state index < -0.39 is 0 Å². The van der Waals surface area contributed by atoms with E-state index in [1.54, 1.807) is 28.9 Å². The molecule has 1 heterocycles. The molecular weight excluding hydrogens is 378 g/mol. The second kappa shape index (κ2) is 8.40. The van der Waals surface area contributed by atoms with E-state index in [0.717, 1.165) is 11.3 Å². The summed E-state index contributed by atoms with van der Waals surface area (Å²) in [6, 6.07) is 26.0. The lowest BCUT2D eigenvalue weighted by Gasteiger charge is -2.09. The number of carbonyl (C=O) groups is 2. The number of nitrogens with zero attached hydrogens (tertiary/aromatic N) is 3. The molecule has 1 aromatic heterocycles. The highest BCUT2D eigenvalue weighted by atomic mass is 16.2. The third kappa shape index (κ3) is 4.10. The van der Waals surface area contributed by atoms with Gasteiger partial charge < -0.3 is 10.6 Å². The Morgan fingerprint density at radius 1 is 0.767 bits per heavy atom. The minimum atomic E-state index is -0.372. The Kier molecular flexibility index (Phi) is 5.34. The van der Waals surface area contributed by atoms with Crippen LogP contribution in [0.4, 0.5) is 11.4 Å². The number of aromatic nitrogens is 3. The maximum atomic E-state index is 13.0. The molecule has 0 spiro atoms. The van der Waals surface area contributed by atoms with Gasteiger partial charge in [-0.05, 0) is 36.4 Å². The average Bonchev–Trinajstić information content (AvgIpc) is 3.21. The molecule has 0 unspecified atom stereocenters. The van der Waals surface area contributed by atoms with Gasteiger partial charge >= 0.3 is 0 Å². The Hall–Kier alpha value is -4.26. The molecule has 0 saturated heterocycles. The molecular formula is C23H19N5O2. The van der Waals surface area contributed by atoms with Crippen LogP contribution in [0, 0.1) is 0 Å². The van der Waals surface area contributed by atoms with Crippen molar-refractivity contribution in [1.29, 1.82) is 0 Å². The lowest BCUT2D eigenvalue weighted by atomic mass is 10.1. The molecule has 0 aliphatic heterocycles. The van der Waals surface area contributed by atoms with Crippen molar-refractivity contribution in [2.75, 3.05) is 10.6 Å². The smallest absolute Gasteiger partial charge is 0.278 e. The number of para-hydroxylation sites is 1. The fraction of sp³-hybridized carbons (Fsp3) is 0.0435. The first kappa shape index (κ1) is 19.1. The summed E-state index contributed by atoms with van der Waals surface area (Å²) in [5.74, 6) is -0.528. The highest BCUT2D eigenvalue weighted by Crippen LogP contribution is 2.26. The minimum absolute atomic E-state index is 0.156. The molecule has 0 saturated carbocycles. The van der Waals surface area contributed by atoms with Crippen LogP contribution in [0.1, 0.15) is 17.4 Å². The summed E-state index contributed by atoms with van der Waals surface area (Å²) < 4.78 is 1.66. The van der Waals surface area contributed by atoms with Gasteiger partial charge in [-0.2, -0.15) is 0 Å². The van der Waals surface area contributed by atoms with Crippen LogP contribution >= 0.6 is 0 Å². The average molecular weight is 397 g/mol. The lowest BCUT2D eigenvalue weighted by molar-refractivity contribution is -0.114. The van der Waals surface area contributed by atoms with Gasteiger partial charge in [0.15, 0.2) is 5.69 Å². The Bertz CT molecular complexity index is 1170. The summed E-state index contributed by atoms with van der Waals surface area (Å²) in [5.41, 5.74) is 3.70. The molecule has 0 aliphatic carbocycles. The maximum Gasteiger partial charge on any atom is 0.278 e. The van der Waals surface area contributed by atoms with E-state index in [1.807, 2.05) is 60.7 Å². The van der Waals surface area contributed by atoms with Gasteiger partial charge in [-0.25, -0.2) is 4.68 Å². The Morgan fingerprint density at radius 3 is 1.93 bits per heavy atom. The Labute approximate surface area is 173 Å². The fourth-order valence-electron chi connectivity index (χ4n) is 3.07. The number of nitrogens with one attached hydrogen (secondary N) is 2. The predicted molar refractivity (Wildman–Crippen MR) is 115 cm³/mol. The summed E-state index contributed by atoms with van der Waals surface area (Å²) in [5, 5.41) is 13.9. The van der Waals surface area contributed by atoms with Crippen molar-refractivity contribution in [1.82, 2.24) is 15.0 Å². The number of carbonyl (C=O) groups excluding carboxylic acids is 2. The molecule has 7 nitrogen and oxygen atoms in total. The lowest BCUT2D eigenvalue weighted by Crippen LogP contribution is -2.14. The molecule has 4 aromatic rings. The van der Waals surface area contributed by atoms with Crippen LogP contribution < -0.4 is 10.6 Å². The van der Waals surface area contributed by atoms with Crippen molar-refractivity contribution in [3.8, 4) is 16.9 Å². The quantitative estimate of drug-likeness (QED) is 0.530. The predicted octanol–water partition coefficient (Wildman–Crippen LogP) is 4.15. The van der Waals surface area contributed by atoms with Gasteiger partial charge in [-0.3, -0.25) is 9.59 Å². The van der Waals surface area contributed by atoms with Crippen LogP contribution in [0.3, 0.4) is 0 Å². The first-order chi connectivity index (χ1) is 14.6. The normalized spacial score (nSPS) is 10.4. The molecule has 3 aromatic carbocycles. The molecule has 0 aliphatic rings. The summed E-state index contributed by atoms with van der Waals surface area (Å²) in [6.45, 7) is 1.44. The molecule has 0 atom stereocenters. The molecule has 2 N–H and O–H groups in total. The van der Waals surface area contributed by atoms with E-state index in [-0.39, 0.29) is 17.5 Å². The topological polar surface area (TPSA) is 88.9 Å². The van der Waals surface area contributed by atoms with Crippen LogP contribution in [0.5, 0.6) is 0 Å². The Morgan fingerprint density at radius 2 is 1.33 bits per heavy atom. The van der Waals surface area contributed by atoms with Gasteiger partial charge in [-0.1, -0.05) is 53.7 Å². The highest BCUT2D eigenvalue weighted by molar-refractivity contribution is 6.07. The van der Waals surface area contributed by atoms with E-state index >= 15 is 0 Å². The van der Waals surface area contributed by atoms with Crippen LogP contribution in [-0.4, -0.2) is 26.8 Å². The fourth-order valence-corrected chi connectivity index (χ4v) is 3.07. The molecule has 0 radical (unpaired) electrons. The molecule has 4 rings (SSSR count). The highest BCUT2D eigenvalue weighted by Gasteiger charge is 2.22. The Balaban J connectivity index is 1.67. The molecule has 30 heavy (non-hydrogen) atoms. The summed E-state index contributed by atoms with van der Waals surface area (Å²) >= 11 is 0. The van der Waals surface area contributed by atoms with Gasteiger partial charge in [0.1, 0.15) is 5.69 Å². The number of anilines is 2. The van der Waals surface area contributed by atoms with E-state index in [1.165, 1.54) is 6.92 Å². The van der Waals surface area contributed by atoms with Crippen LogP contribution in [-0.2, 0) is 4.79 Å². The van der Waals surface area contributed by atoms with Crippen molar-refractivity contribution in [2.45, 2.75) is 6.92 Å². The standard InChI is InChI=1S/C23H19N5O2/c1-16(29)24-18-12-14-19(15-13-18)25-23(30)21-22(17-8-4-2-5-9-17)28(27-26-21)20-10-6-3-7-11-20/h2-15H,1H3,(H,24,29)(H,25,30). The van der Waals surface area contributed by atoms with Crippen LogP contribution in [0.15, 0.2) is 84.9 Å². The van der Waals surface area contributed by atoms with E-state index in [4.69, 9.17) is 0 Å². The third-order valence-electron chi connectivity index (χ3n) is 4.40. The summed E-state index contributed by atoms with van der Waals surface area (Å²) in [7, 11) is 0. The van der Waals surface area contributed by atoms with E-state index in [2.05, 4.69) is 20.9 Å². The first-order valence-electron chi connectivity index (χ1n) is 9.37. The minimum Gasteiger partial charge on any atom is -0.326 e. The second-order valence-corrected chi connectivity index (χ2v) is 6.61. The van der Waals surface area contributed by atoms with Crippen LogP contribution in [0.25, 0.3) is 16.9 Å². The number of rotatable bonds is 5.